The predicted molar refractivity (Wildman–Crippen MR) is 100 cm³/mol. The third-order valence-corrected chi connectivity index (χ3v) is 4.63. The van der Waals surface area contributed by atoms with Gasteiger partial charge in [-0.15, -0.1) is 11.3 Å². The molecule has 5 nitrogen and oxygen atoms in total. The first-order valence-electron chi connectivity index (χ1n) is 8.01. The molecule has 25 heavy (non-hydrogen) atoms. The number of aromatic nitrogens is 2. The number of thiophene rings is 1. The average molecular weight is 353 g/mol. The number of carbonyl (C=O) groups excluding carboxylic acids is 1. The zero-order chi connectivity index (χ0) is 17.8. The van der Waals surface area contributed by atoms with Gasteiger partial charge in [0, 0.05) is 10.4 Å². The highest BCUT2D eigenvalue weighted by Crippen LogP contribution is 2.25. The first-order valence-corrected chi connectivity index (χ1v) is 8.89. The molecule has 2 heterocycles. The Labute approximate surface area is 150 Å². The molecule has 0 saturated carbocycles. The van der Waals surface area contributed by atoms with E-state index in [2.05, 4.69) is 21.4 Å². The van der Waals surface area contributed by atoms with Crippen LogP contribution in [0, 0.1) is 13.8 Å². The van der Waals surface area contributed by atoms with Crippen LogP contribution in [0.4, 0.5) is 5.69 Å². The van der Waals surface area contributed by atoms with E-state index in [0.717, 1.165) is 5.56 Å². The van der Waals surface area contributed by atoms with E-state index >= 15 is 0 Å². The van der Waals surface area contributed by atoms with Gasteiger partial charge in [0.25, 0.3) is 5.91 Å². The Balaban J connectivity index is 1.78. The van der Waals surface area contributed by atoms with Crippen LogP contribution in [-0.4, -0.2) is 22.5 Å². The maximum atomic E-state index is 12.5. The van der Waals surface area contributed by atoms with E-state index in [4.69, 9.17) is 4.74 Å². The second-order valence-electron chi connectivity index (χ2n) is 5.49. The molecule has 1 amide bonds. The second-order valence-corrected chi connectivity index (χ2v) is 6.44. The van der Waals surface area contributed by atoms with Gasteiger partial charge >= 0.3 is 6.01 Å². The van der Waals surface area contributed by atoms with Crippen molar-refractivity contribution in [3.8, 4) is 16.5 Å². The van der Waals surface area contributed by atoms with Gasteiger partial charge in [-0.05, 0) is 49.9 Å². The van der Waals surface area contributed by atoms with Crippen LogP contribution in [0.1, 0.15) is 28.7 Å². The summed E-state index contributed by atoms with van der Waals surface area (Å²) < 4.78 is 5.33. The Morgan fingerprint density at radius 3 is 2.36 bits per heavy atom. The molecule has 0 atom stereocenters. The van der Waals surface area contributed by atoms with Gasteiger partial charge in [0.15, 0.2) is 0 Å². The molecule has 0 bridgehead atoms. The van der Waals surface area contributed by atoms with E-state index < -0.39 is 0 Å². The normalized spacial score (nSPS) is 10.5. The fourth-order valence-corrected chi connectivity index (χ4v) is 3.21. The van der Waals surface area contributed by atoms with Gasteiger partial charge in [-0.1, -0.05) is 18.2 Å². The average Bonchev–Trinajstić information content (AvgIpc) is 3.13. The summed E-state index contributed by atoms with van der Waals surface area (Å²) in [6, 6.07) is 12.0. The minimum absolute atomic E-state index is 0.184. The lowest BCUT2D eigenvalue weighted by molar-refractivity contribution is 0.102. The van der Waals surface area contributed by atoms with E-state index in [1.165, 1.54) is 4.88 Å². The zero-order valence-electron chi connectivity index (χ0n) is 14.4. The number of ether oxygens (including phenoxy) is 1. The van der Waals surface area contributed by atoms with Crippen LogP contribution in [0.3, 0.4) is 0 Å². The number of hydrogen-bond acceptors (Lipinski definition) is 5. The van der Waals surface area contributed by atoms with Gasteiger partial charge in [-0.2, -0.15) is 9.97 Å². The van der Waals surface area contributed by atoms with E-state index in [0.29, 0.717) is 35.3 Å². The molecule has 0 aliphatic rings. The van der Waals surface area contributed by atoms with Crippen LogP contribution in [-0.2, 0) is 0 Å². The molecule has 0 radical (unpaired) electrons. The molecule has 2 aromatic heterocycles. The Hall–Kier alpha value is -2.73. The third-order valence-electron chi connectivity index (χ3n) is 3.72. The lowest BCUT2D eigenvalue weighted by atomic mass is 10.1. The van der Waals surface area contributed by atoms with E-state index in [1.807, 2.05) is 56.5 Å². The highest BCUT2D eigenvalue weighted by Gasteiger charge is 2.13. The van der Waals surface area contributed by atoms with Crippen molar-refractivity contribution in [3.63, 3.8) is 0 Å². The molecular formula is C19H19N3O2S. The maximum absolute atomic E-state index is 12.5. The molecule has 128 valence electrons. The molecule has 6 heteroatoms. The minimum Gasteiger partial charge on any atom is -0.464 e. The molecule has 0 aliphatic carbocycles. The molecule has 0 spiro atoms. The third kappa shape index (κ3) is 3.85. The first kappa shape index (κ1) is 17.1. The summed E-state index contributed by atoms with van der Waals surface area (Å²) in [6.07, 6.45) is 0. The number of hydrogen-bond donors (Lipinski definition) is 1. The van der Waals surface area contributed by atoms with Gasteiger partial charge in [0.2, 0.25) is 0 Å². The van der Waals surface area contributed by atoms with Crippen LogP contribution in [0.25, 0.3) is 10.4 Å². The van der Waals surface area contributed by atoms with Gasteiger partial charge < -0.3 is 10.1 Å². The predicted octanol–water partition coefficient (Wildman–Crippen LogP) is 4.47. The summed E-state index contributed by atoms with van der Waals surface area (Å²) in [4.78, 5) is 22.3. The highest BCUT2D eigenvalue weighted by molar-refractivity contribution is 7.13. The van der Waals surface area contributed by atoms with Crippen LogP contribution in [0.15, 0.2) is 41.8 Å². The first-order chi connectivity index (χ1) is 12.1. The van der Waals surface area contributed by atoms with Crippen molar-refractivity contribution < 1.29 is 9.53 Å². The van der Waals surface area contributed by atoms with Crippen molar-refractivity contribution in [1.29, 1.82) is 0 Å². The standard InChI is InChI=1S/C19H19N3O2S/c1-4-24-19-20-12(2)17(13(3)21-19)22-18(23)15-9-7-14(8-10-15)16-6-5-11-25-16/h5-11H,4H2,1-3H3,(H,22,23). The molecule has 0 unspecified atom stereocenters. The zero-order valence-corrected chi connectivity index (χ0v) is 15.2. The maximum Gasteiger partial charge on any atom is 0.316 e. The number of anilines is 1. The molecule has 0 saturated heterocycles. The summed E-state index contributed by atoms with van der Waals surface area (Å²) in [5.41, 5.74) is 3.67. The molecule has 1 N–H and O–H groups in total. The van der Waals surface area contributed by atoms with Gasteiger partial charge in [-0.25, -0.2) is 0 Å². The van der Waals surface area contributed by atoms with Crippen molar-refractivity contribution in [2.75, 3.05) is 11.9 Å². The van der Waals surface area contributed by atoms with Crippen molar-refractivity contribution in [3.05, 3.63) is 58.7 Å². The molecule has 0 fully saturated rings. The number of carbonyl (C=O) groups is 1. The number of benzene rings is 1. The SMILES string of the molecule is CCOc1nc(C)c(NC(=O)c2ccc(-c3cccs3)cc2)c(C)n1. The highest BCUT2D eigenvalue weighted by atomic mass is 32.1. The molecule has 3 aromatic rings. The van der Waals surface area contributed by atoms with Crippen LogP contribution in [0.2, 0.25) is 0 Å². The Morgan fingerprint density at radius 2 is 1.80 bits per heavy atom. The summed E-state index contributed by atoms with van der Waals surface area (Å²) >= 11 is 1.67. The van der Waals surface area contributed by atoms with Crippen molar-refractivity contribution in [2.24, 2.45) is 0 Å². The number of amides is 1. The summed E-state index contributed by atoms with van der Waals surface area (Å²) in [6.45, 7) is 6.03. The second kappa shape index (κ2) is 7.44. The van der Waals surface area contributed by atoms with Crippen LogP contribution < -0.4 is 10.1 Å². The number of nitrogens with one attached hydrogen (secondary N) is 1. The fraction of sp³-hybridized carbons (Fsp3) is 0.211. The molecule has 3 rings (SSSR count). The van der Waals surface area contributed by atoms with Crippen molar-refractivity contribution >= 4 is 22.9 Å². The topological polar surface area (TPSA) is 64.1 Å². The Morgan fingerprint density at radius 1 is 1.12 bits per heavy atom. The lowest BCUT2D eigenvalue weighted by Crippen LogP contribution is -2.15. The minimum atomic E-state index is -0.184. The number of rotatable bonds is 5. The summed E-state index contributed by atoms with van der Waals surface area (Å²) in [5, 5.41) is 4.94. The molecular weight excluding hydrogens is 334 g/mol. The van der Waals surface area contributed by atoms with E-state index in [-0.39, 0.29) is 5.91 Å². The van der Waals surface area contributed by atoms with Gasteiger partial charge in [0.1, 0.15) is 0 Å². The van der Waals surface area contributed by atoms with Crippen LogP contribution in [0.5, 0.6) is 6.01 Å². The fourth-order valence-electron chi connectivity index (χ4n) is 2.47. The van der Waals surface area contributed by atoms with E-state index in [9.17, 15) is 4.79 Å². The molecule has 0 aliphatic heterocycles. The largest absolute Gasteiger partial charge is 0.464 e. The van der Waals surface area contributed by atoms with Gasteiger partial charge in [-0.3, -0.25) is 4.79 Å². The van der Waals surface area contributed by atoms with Gasteiger partial charge in [0.05, 0.1) is 23.7 Å². The monoisotopic (exact) mass is 353 g/mol. The Bertz CT molecular complexity index is 851. The van der Waals surface area contributed by atoms with Crippen molar-refractivity contribution in [1.82, 2.24) is 9.97 Å². The van der Waals surface area contributed by atoms with Crippen molar-refractivity contribution in [2.45, 2.75) is 20.8 Å². The summed E-state index contributed by atoms with van der Waals surface area (Å²) in [7, 11) is 0. The summed E-state index contributed by atoms with van der Waals surface area (Å²) in [5.74, 6) is -0.184. The Kier molecular flexibility index (Phi) is 5.09. The lowest BCUT2D eigenvalue weighted by Gasteiger charge is -2.12. The number of aryl methyl sites for hydroxylation is 2. The van der Waals surface area contributed by atoms with E-state index in [1.54, 1.807) is 11.3 Å². The smallest absolute Gasteiger partial charge is 0.316 e. The quantitative estimate of drug-likeness (QED) is 0.735. The molecule has 1 aromatic carbocycles. The number of nitrogens with zero attached hydrogens (tertiary/aromatic N) is 2. The van der Waals surface area contributed by atoms with Crippen LogP contribution >= 0.6 is 11.3 Å².